The molecule has 0 atom stereocenters. The highest BCUT2D eigenvalue weighted by Crippen LogP contribution is 2.20. The van der Waals surface area contributed by atoms with E-state index in [0.717, 1.165) is 0 Å². The van der Waals surface area contributed by atoms with E-state index in [0.29, 0.717) is 11.4 Å². The molecule has 0 aliphatic heterocycles. The largest absolute Gasteiger partial charge is 0.479 e. The van der Waals surface area contributed by atoms with Crippen LogP contribution in [-0.4, -0.2) is 15.0 Å². The molecule has 0 aromatic heterocycles. The normalized spacial score (nSPS) is 10.6. The summed E-state index contributed by atoms with van der Waals surface area (Å²) in [6, 6.07) is 16.4. The van der Waals surface area contributed by atoms with Gasteiger partial charge in [-0.1, -0.05) is 24.3 Å². The molecule has 5 nitrogen and oxygen atoms in total. The minimum atomic E-state index is -3.62. The van der Waals surface area contributed by atoms with E-state index in [1.54, 1.807) is 36.4 Å². The molecule has 0 spiro atoms. The Labute approximate surface area is 117 Å². The molecule has 2 aromatic rings. The molecule has 0 radical (unpaired) electrons. The molecule has 0 heterocycles. The van der Waals surface area contributed by atoms with Crippen LogP contribution in [0.4, 0.5) is 5.69 Å². The molecule has 2 aromatic carbocycles. The number of benzene rings is 2. The van der Waals surface area contributed by atoms with E-state index >= 15 is 0 Å². The highest BCUT2D eigenvalue weighted by Gasteiger charge is 2.13. The first-order valence-corrected chi connectivity index (χ1v) is 7.28. The molecule has 20 heavy (non-hydrogen) atoms. The van der Waals surface area contributed by atoms with Crippen molar-refractivity contribution in [3.8, 4) is 11.8 Å². The van der Waals surface area contributed by atoms with Crippen molar-refractivity contribution in [2.45, 2.75) is 4.90 Å². The van der Waals surface area contributed by atoms with Gasteiger partial charge < -0.3 is 4.74 Å². The van der Waals surface area contributed by atoms with Gasteiger partial charge in [0, 0.05) is 6.07 Å². The van der Waals surface area contributed by atoms with E-state index in [2.05, 4.69) is 4.72 Å². The molecule has 2 rings (SSSR count). The summed E-state index contributed by atoms with van der Waals surface area (Å²) in [5, 5.41) is 8.45. The molecule has 0 unspecified atom stereocenters. The minimum absolute atomic E-state index is 0.0884. The van der Waals surface area contributed by atoms with Gasteiger partial charge in [-0.25, -0.2) is 8.42 Å². The van der Waals surface area contributed by atoms with Gasteiger partial charge in [0.1, 0.15) is 11.8 Å². The van der Waals surface area contributed by atoms with Gasteiger partial charge in [0.05, 0.1) is 10.6 Å². The zero-order valence-corrected chi connectivity index (χ0v) is 11.3. The third kappa shape index (κ3) is 3.49. The van der Waals surface area contributed by atoms with Crippen molar-refractivity contribution in [2.75, 3.05) is 11.3 Å². The monoisotopic (exact) mass is 288 g/mol. The zero-order chi connectivity index (χ0) is 14.4. The van der Waals surface area contributed by atoms with Gasteiger partial charge in [0.2, 0.25) is 0 Å². The molecule has 6 heteroatoms. The molecule has 0 saturated heterocycles. The smallest absolute Gasteiger partial charge is 0.261 e. The van der Waals surface area contributed by atoms with E-state index in [4.69, 9.17) is 10.00 Å². The van der Waals surface area contributed by atoms with E-state index in [9.17, 15) is 8.42 Å². The van der Waals surface area contributed by atoms with Gasteiger partial charge in [0.25, 0.3) is 10.0 Å². The van der Waals surface area contributed by atoms with Gasteiger partial charge in [0.15, 0.2) is 6.61 Å². The first-order valence-electron chi connectivity index (χ1n) is 5.79. The number of rotatable bonds is 5. The molecule has 0 amide bonds. The Bertz CT molecular complexity index is 722. The summed E-state index contributed by atoms with van der Waals surface area (Å²) in [6.07, 6.45) is 0. The summed E-state index contributed by atoms with van der Waals surface area (Å²) in [6.45, 7) is -0.0884. The average molecular weight is 288 g/mol. The quantitative estimate of drug-likeness (QED) is 0.916. The summed E-state index contributed by atoms with van der Waals surface area (Å²) in [5.41, 5.74) is 0.379. The van der Waals surface area contributed by atoms with Crippen LogP contribution in [0.2, 0.25) is 0 Å². The summed E-state index contributed by atoms with van der Waals surface area (Å²) >= 11 is 0. The standard InChI is InChI=1S/C14H12N2O3S/c15-9-10-19-13-6-4-5-12(11-13)16-20(17,18)14-7-2-1-3-8-14/h1-8,11,16H,10H2. The number of nitrogens with one attached hydrogen (secondary N) is 1. The van der Waals surface area contributed by atoms with Crippen LogP contribution in [0.1, 0.15) is 0 Å². The summed E-state index contributed by atoms with van der Waals surface area (Å²) in [7, 11) is -3.62. The lowest BCUT2D eigenvalue weighted by molar-refractivity contribution is 0.368. The van der Waals surface area contributed by atoms with Crippen LogP contribution in [-0.2, 0) is 10.0 Å². The maximum absolute atomic E-state index is 12.1. The lowest BCUT2D eigenvalue weighted by Crippen LogP contribution is -2.12. The number of nitriles is 1. The molecule has 0 bridgehead atoms. The van der Waals surface area contributed by atoms with Crippen LogP contribution in [0.25, 0.3) is 0 Å². The first kappa shape index (κ1) is 13.9. The topological polar surface area (TPSA) is 79.2 Å². The molecule has 1 N–H and O–H groups in total. The Kier molecular flexibility index (Phi) is 4.23. The van der Waals surface area contributed by atoms with Crippen molar-refractivity contribution in [1.29, 1.82) is 5.26 Å². The summed E-state index contributed by atoms with van der Waals surface area (Å²) in [4.78, 5) is 0.184. The van der Waals surface area contributed by atoms with E-state index < -0.39 is 10.0 Å². The predicted molar refractivity (Wildman–Crippen MR) is 74.8 cm³/mol. The van der Waals surface area contributed by atoms with Crippen molar-refractivity contribution >= 4 is 15.7 Å². The van der Waals surface area contributed by atoms with Crippen LogP contribution in [0.5, 0.6) is 5.75 Å². The molecular formula is C14H12N2O3S. The molecule has 0 fully saturated rings. The Balaban J connectivity index is 2.20. The fourth-order valence-electron chi connectivity index (χ4n) is 1.58. The van der Waals surface area contributed by atoms with E-state index in [1.807, 2.05) is 6.07 Å². The number of anilines is 1. The van der Waals surface area contributed by atoms with Crippen molar-refractivity contribution in [3.63, 3.8) is 0 Å². The first-order chi connectivity index (χ1) is 9.62. The van der Waals surface area contributed by atoms with Gasteiger partial charge in [-0.2, -0.15) is 5.26 Å². The van der Waals surface area contributed by atoms with Crippen LogP contribution in [0.15, 0.2) is 59.5 Å². The van der Waals surface area contributed by atoms with Crippen LogP contribution >= 0.6 is 0 Å². The summed E-state index contributed by atoms with van der Waals surface area (Å²) < 4.78 is 31.8. The predicted octanol–water partition coefficient (Wildman–Crippen LogP) is 2.39. The fourth-order valence-corrected chi connectivity index (χ4v) is 2.65. The van der Waals surface area contributed by atoms with Crippen LogP contribution in [0, 0.1) is 11.3 Å². The second-order valence-corrected chi connectivity index (χ2v) is 5.58. The second-order valence-electron chi connectivity index (χ2n) is 3.89. The van der Waals surface area contributed by atoms with Crippen LogP contribution < -0.4 is 9.46 Å². The van der Waals surface area contributed by atoms with Crippen molar-refractivity contribution in [2.24, 2.45) is 0 Å². The zero-order valence-electron chi connectivity index (χ0n) is 10.5. The van der Waals surface area contributed by atoms with E-state index in [-0.39, 0.29) is 11.5 Å². The molecule has 0 saturated carbocycles. The number of ether oxygens (including phenoxy) is 1. The Morgan fingerprint density at radius 2 is 1.85 bits per heavy atom. The Morgan fingerprint density at radius 1 is 1.10 bits per heavy atom. The third-order valence-electron chi connectivity index (χ3n) is 2.44. The number of sulfonamides is 1. The fraction of sp³-hybridized carbons (Fsp3) is 0.0714. The SMILES string of the molecule is N#CCOc1cccc(NS(=O)(=O)c2ccccc2)c1. The molecule has 102 valence electrons. The van der Waals surface area contributed by atoms with Crippen molar-refractivity contribution in [3.05, 3.63) is 54.6 Å². The molecular weight excluding hydrogens is 276 g/mol. The number of hydrogen-bond acceptors (Lipinski definition) is 4. The maximum Gasteiger partial charge on any atom is 0.261 e. The van der Waals surface area contributed by atoms with Gasteiger partial charge >= 0.3 is 0 Å². The lowest BCUT2D eigenvalue weighted by atomic mass is 10.3. The number of hydrogen-bond donors (Lipinski definition) is 1. The van der Waals surface area contributed by atoms with Gasteiger partial charge in [-0.3, -0.25) is 4.72 Å². The Morgan fingerprint density at radius 3 is 2.55 bits per heavy atom. The second kappa shape index (κ2) is 6.08. The maximum atomic E-state index is 12.1. The van der Waals surface area contributed by atoms with Gasteiger partial charge in [-0.05, 0) is 24.3 Å². The highest BCUT2D eigenvalue weighted by atomic mass is 32.2. The molecule has 0 aliphatic carbocycles. The van der Waals surface area contributed by atoms with Crippen molar-refractivity contribution < 1.29 is 13.2 Å². The third-order valence-corrected chi connectivity index (χ3v) is 3.84. The number of nitrogens with zero attached hydrogens (tertiary/aromatic N) is 1. The van der Waals surface area contributed by atoms with E-state index in [1.165, 1.54) is 18.2 Å². The highest BCUT2D eigenvalue weighted by molar-refractivity contribution is 7.92. The van der Waals surface area contributed by atoms with Crippen molar-refractivity contribution in [1.82, 2.24) is 0 Å². The summed E-state index contributed by atoms with van der Waals surface area (Å²) in [5.74, 6) is 0.430. The Hall–Kier alpha value is -2.52. The average Bonchev–Trinajstić information content (AvgIpc) is 2.46. The van der Waals surface area contributed by atoms with Gasteiger partial charge in [-0.15, -0.1) is 0 Å². The van der Waals surface area contributed by atoms with Crippen LogP contribution in [0.3, 0.4) is 0 Å². The minimum Gasteiger partial charge on any atom is -0.479 e. The lowest BCUT2D eigenvalue weighted by Gasteiger charge is -2.09. The molecule has 0 aliphatic rings.